The predicted octanol–water partition coefficient (Wildman–Crippen LogP) is 4.42. The van der Waals surface area contributed by atoms with Gasteiger partial charge in [-0.3, -0.25) is 0 Å². The van der Waals surface area contributed by atoms with Crippen molar-refractivity contribution in [3.05, 3.63) is 40.4 Å². The number of hydrogen-bond acceptors (Lipinski definition) is 2. The molecule has 3 rings (SSSR count). The fraction of sp³-hybridized carbons (Fsp3) is 0.375. The molecule has 2 atom stereocenters. The second kappa shape index (κ2) is 5.14. The van der Waals surface area contributed by atoms with E-state index in [0.29, 0.717) is 0 Å². The molecule has 0 aliphatic carbocycles. The fourth-order valence-corrected chi connectivity index (χ4v) is 3.42. The van der Waals surface area contributed by atoms with Crippen molar-refractivity contribution >= 4 is 26.7 Å². The van der Waals surface area contributed by atoms with Crippen LogP contribution in [0.25, 0.3) is 10.8 Å². The first-order valence-electron chi connectivity index (χ1n) is 6.83. The van der Waals surface area contributed by atoms with E-state index in [2.05, 4.69) is 65.4 Å². The molecular weight excluding hydrogens is 302 g/mol. The van der Waals surface area contributed by atoms with Crippen molar-refractivity contribution in [2.75, 3.05) is 6.54 Å². The molecule has 0 saturated carbocycles. The third-order valence-corrected chi connectivity index (χ3v) is 4.48. The molecule has 0 amide bonds. The summed E-state index contributed by atoms with van der Waals surface area (Å²) in [4.78, 5) is 0. The Bertz CT molecular complexity index is 611. The summed E-state index contributed by atoms with van der Waals surface area (Å²) >= 11 is 3.70. The van der Waals surface area contributed by atoms with E-state index in [-0.39, 0.29) is 12.1 Å². The van der Waals surface area contributed by atoms with Gasteiger partial charge in [-0.2, -0.15) is 0 Å². The van der Waals surface area contributed by atoms with E-state index in [1.165, 1.54) is 16.3 Å². The lowest BCUT2D eigenvalue weighted by Gasteiger charge is -2.16. The van der Waals surface area contributed by atoms with Crippen LogP contribution in [-0.4, -0.2) is 12.6 Å². The van der Waals surface area contributed by atoms with Gasteiger partial charge in [-0.15, -0.1) is 0 Å². The maximum Gasteiger partial charge on any atom is 0.139 e. The summed E-state index contributed by atoms with van der Waals surface area (Å²) in [5.74, 6) is 1.000. The second-order valence-corrected chi connectivity index (χ2v) is 5.88. The van der Waals surface area contributed by atoms with E-state index in [0.717, 1.165) is 23.2 Å². The third kappa shape index (κ3) is 2.15. The van der Waals surface area contributed by atoms with Crippen LogP contribution in [0.4, 0.5) is 0 Å². The van der Waals surface area contributed by atoms with Crippen molar-refractivity contribution in [3.63, 3.8) is 0 Å². The molecule has 1 aliphatic rings. The predicted molar refractivity (Wildman–Crippen MR) is 82.8 cm³/mol. The zero-order valence-electron chi connectivity index (χ0n) is 11.2. The zero-order valence-corrected chi connectivity index (χ0v) is 12.8. The largest absolute Gasteiger partial charge is 0.487 e. The molecule has 1 heterocycles. The normalized spacial score (nSPS) is 21.4. The smallest absolute Gasteiger partial charge is 0.139 e. The maximum absolute atomic E-state index is 6.05. The van der Waals surface area contributed by atoms with Gasteiger partial charge in [-0.05, 0) is 52.7 Å². The van der Waals surface area contributed by atoms with Crippen molar-refractivity contribution < 1.29 is 4.74 Å². The van der Waals surface area contributed by atoms with Gasteiger partial charge in [0, 0.05) is 5.56 Å². The highest BCUT2D eigenvalue weighted by Gasteiger charge is 2.32. The minimum atomic E-state index is 0.176. The van der Waals surface area contributed by atoms with Crippen molar-refractivity contribution in [2.45, 2.75) is 32.4 Å². The molecule has 0 fully saturated rings. The minimum absolute atomic E-state index is 0.176. The summed E-state index contributed by atoms with van der Waals surface area (Å²) in [5.41, 5.74) is 1.27. The van der Waals surface area contributed by atoms with Crippen molar-refractivity contribution in [2.24, 2.45) is 0 Å². The van der Waals surface area contributed by atoms with Crippen LogP contribution >= 0.6 is 15.9 Å². The molecule has 1 N–H and O–H groups in total. The maximum atomic E-state index is 6.05. The van der Waals surface area contributed by atoms with E-state index < -0.39 is 0 Å². The molecule has 0 bridgehead atoms. The number of fused-ring (bicyclic) bond motifs is 2. The van der Waals surface area contributed by atoms with Crippen molar-refractivity contribution in [3.8, 4) is 5.75 Å². The highest BCUT2D eigenvalue weighted by Crippen LogP contribution is 2.45. The number of hydrogen-bond donors (Lipinski definition) is 1. The number of ether oxygens (including phenoxy) is 1. The molecule has 0 aromatic heterocycles. The summed E-state index contributed by atoms with van der Waals surface area (Å²) in [5, 5.41) is 6.05. The Morgan fingerprint density at radius 2 is 2.11 bits per heavy atom. The highest BCUT2D eigenvalue weighted by molar-refractivity contribution is 9.10. The topological polar surface area (TPSA) is 21.3 Å². The summed E-state index contributed by atoms with van der Waals surface area (Å²) in [7, 11) is 0. The quantitative estimate of drug-likeness (QED) is 0.904. The molecule has 2 unspecified atom stereocenters. The Morgan fingerprint density at radius 3 is 2.89 bits per heavy atom. The molecule has 2 nitrogen and oxygen atoms in total. The Kier molecular flexibility index (Phi) is 3.50. The first kappa shape index (κ1) is 12.9. The Hall–Kier alpha value is -1.06. The Labute approximate surface area is 122 Å². The average Bonchev–Trinajstić information content (AvgIpc) is 2.73. The Balaban J connectivity index is 2.11. The lowest BCUT2D eigenvalue weighted by molar-refractivity contribution is 0.209. The molecule has 2 aromatic carbocycles. The lowest BCUT2D eigenvalue weighted by atomic mass is 10.00. The van der Waals surface area contributed by atoms with Crippen LogP contribution in [0.2, 0.25) is 0 Å². The summed E-state index contributed by atoms with van der Waals surface area (Å²) in [6.07, 6.45) is 1.31. The Morgan fingerprint density at radius 1 is 1.32 bits per heavy atom. The number of rotatable bonds is 3. The SMILES string of the molecule is CCCNC1c2cc3ccccc3c(Br)c2OC1C. The standard InChI is InChI=1S/C16H18BrNO/c1-3-8-18-15-10(2)19-16-13(15)9-11-6-4-5-7-12(11)14(16)17/h4-7,9-10,15,18H,3,8H2,1-2H3. The summed E-state index contributed by atoms with van der Waals surface area (Å²) in [6, 6.07) is 11.0. The first-order valence-corrected chi connectivity index (χ1v) is 7.63. The molecule has 3 heteroatoms. The van der Waals surface area contributed by atoms with Gasteiger partial charge < -0.3 is 10.1 Å². The average molecular weight is 320 g/mol. The van der Waals surface area contributed by atoms with E-state index in [9.17, 15) is 0 Å². The second-order valence-electron chi connectivity index (χ2n) is 5.08. The minimum Gasteiger partial charge on any atom is -0.487 e. The number of nitrogens with one attached hydrogen (secondary N) is 1. The van der Waals surface area contributed by atoms with Gasteiger partial charge in [0.2, 0.25) is 0 Å². The molecule has 2 aromatic rings. The summed E-state index contributed by atoms with van der Waals surface area (Å²) < 4.78 is 7.12. The molecule has 0 radical (unpaired) electrons. The van der Waals surface area contributed by atoms with Crippen LogP contribution in [0.5, 0.6) is 5.75 Å². The van der Waals surface area contributed by atoms with Gasteiger partial charge in [0.15, 0.2) is 0 Å². The van der Waals surface area contributed by atoms with E-state index in [4.69, 9.17) is 4.74 Å². The van der Waals surface area contributed by atoms with Crippen molar-refractivity contribution in [1.82, 2.24) is 5.32 Å². The van der Waals surface area contributed by atoms with E-state index in [1.807, 2.05) is 0 Å². The van der Waals surface area contributed by atoms with Crippen LogP contribution in [-0.2, 0) is 0 Å². The zero-order chi connectivity index (χ0) is 13.4. The molecule has 0 spiro atoms. The molecule has 19 heavy (non-hydrogen) atoms. The first-order chi connectivity index (χ1) is 9.22. The van der Waals surface area contributed by atoms with Gasteiger partial charge in [0.05, 0.1) is 10.5 Å². The van der Waals surface area contributed by atoms with Crippen LogP contribution in [0, 0.1) is 0 Å². The molecule has 1 aliphatic heterocycles. The number of benzene rings is 2. The van der Waals surface area contributed by atoms with Gasteiger partial charge >= 0.3 is 0 Å². The van der Waals surface area contributed by atoms with Crippen LogP contribution in [0.15, 0.2) is 34.8 Å². The summed E-state index contributed by atoms with van der Waals surface area (Å²) in [6.45, 7) is 5.33. The lowest BCUT2D eigenvalue weighted by Crippen LogP contribution is -2.29. The van der Waals surface area contributed by atoms with Crippen LogP contribution < -0.4 is 10.1 Å². The van der Waals surface area contributed by atoms with Crippen LogP contribution in [0.3, 0.4) is 0 Å². The van der Waals surface area contributed by atoms with E-state index in [1.54, 1.807) is 0 Å². The fourth-order valence-electron chi connectivity index (χ4n) is 2.74. The number of halogens is 1. The van der Waals surface area contributed by atoms with Gasteiger partial charge in [0.1, 0.15) is 11.9 Å². The van der Waals surface area contributed by atoms with Crippen molar-refractivity contribution in [1.29, 1.82) is 0 Å². The van der Waals surface area contributed by atoms with Gasteiger partial charge in [-0.1, -0.05) is 31.2 Å². The third-order valence-electron chi connectivity index (χ3n) is 3.69. The van der Waals surface area contributed by atoms with Gasteiger partial charge in [0.25, 0.3) is 0 Å². The highest BCUT2D eigenvalue weighted by atomic mass is 79.9. The molecular formula is C16H18BrNO. The van der Waals surface area contributed by atoms with Gasteiger partial charge in [-0.25, -0.2) is 0 Å². The molecule has 100 valence electrons. The monoisotopic (exact) mass is 319 g/mol. The van der Waals surface area contributed by atoms with Crippen LogP contribution in [0.1, 0.15) is 31.9 Å². The molecule has 0 saturated heterocycles. The van der Waals surface area contributed by atoms with E-state index >= 15 is 0 Å².